The molecule has 20 heavy (non-hydrogen) atoms. The number of ether oxygens (including phenoxy) is 1. The maximum Gasteiger partial charge on any atom is 0.0931 e. The van der Waals surface area contributed by atoms with E-state index in [0.29, 0.717) is 6.61 Å². The number of thiophene rings is 1. The van der Waals surface area contributed by atoms with Gasteiger partial charge in [-0.25, -0.2) is 4.68 Å². The summed E-state index contributed by atoms with van der Waals surface area (Å²) < 4.78 is 8.82. The highest BCUT2D eigenvalue weighted by atomic mass is 35.5. The van der Waals surface area contributed by atoms with Gasteiger partial charge in [-0.05, 0) is 18.6 Å². The predicted molar refractivity (Wildman–Crippen MR) is 76.9 cm³/mol. The van der Waals surface area contributed by atoms with E-state index in [-0.39, 0.29) is 12.1 Å². The van der Waals surface area contributed by atoms with Crippen molar-refractivity contribution >= 4 is 22.9 Å². The van der Waals surface area contributed by atoms with E-state index in [2.05, 4.69) is 21.3 Å². The first-order valence-corrected chi connectivity index (χ1v) is 7.96. The average molecular weight is 311 g/mol. The first-order valence-electron chi connectivity index (χ1n) is 6.77. The number of halogens is 1. The van der Waals surface area contributed by atoms with Crippen LogP contribution in [0, 0.1) is 0 Å². The van der Waals surface area contributed by atoms with E-state index in [4.69, 9.17) is 16.3 Å². The topological polar surface area (TPSA) is 43.2 Å². The number of fused-ring (bicyclic) bond motifs is 3. The Morgan fingerprint density at radius 1 is 1.45 bits per heavy atom. The molecule has 7 heteroatoms. The Labute approximate surface area is 126 Å². The molecule has 0 spiro atoms. The number of nitrogens with zero attached hydrogens (tertiary/aromatic N) is 4. The van der Waals surface area contributed by atoms with Crippen LogP contribution < -0.4 is 0 Å². The van der Waals surface area contributed by atoms with Crippen molar-refractivity contribution in [1.29, 1.82) is 0 Å². The van der Waals surface area contributed by atoms with Crippen molar-refractivity contribution in [1.82, 2.24) is 19.9 Å². The number of hydrogen-bond donors (Lipinski definition) is 0. The largest absolute Gasteiger partial charge is 0.370 e. The molecule has 0 aliphatic carbocycles. The Morgan fingerprint density at radius 3 is 3.25 bits per heavy atom. The second kappa shape index (κ2) is 5.11. The Hall–Kier alpha value is -0.950. The van der Waals surface area contributed by atoms with Gasteiger partial charge < -0.3 is 4.74 Å². The minimum absolute atomic E-state index is 0.271. The highest BCUT2D eigenvalue weighted by Gasteiger charge is 2.36. The zero-order valence-electron chi connectivity index (χ0n) is 10.9. The van der Waals surface area contributed by atoms with E-state index < -0.39 is 0 Å². The standard InChI is InChI=1S/C13H15ClN4OS/c14-13-2-1-10(20-13)6-17-4-3-12-11(7-17)18-9(8-19-12)5-15-16-18/h1-2,5,11-12H,3-4,6-8H2/t11-,12+/m0/s1. The number of rotatable bonds is 2. The van der Waals surface area contributed by atoms with Crippen LogP contribution in [0.5, 0.6) is 0 Å². The first-order chi connectivity index (χ1) is 9.79. The van der Waals surface area contributed by atoms with Crippen LogP contribution in [0.4, 0.5) is 0 Å². The van der Waals surface area contributed by atoms with Crippen LogP contribution in [0.25, 0.3) is 0 Å². The molecule has 4 rings (SSSR count). The Bertz CT molecular complexity index is 613. The van der Waals surface area contributed by atoms with Crippen molar-refractivity contribution in [2.75, 3.05) is 13.1 Å². The van der Waals surface area contributed by atoms with E-state index in [1.807, 2.05) is 10.7 Å². The van der Waals surface area contributed by atoms with Crippen LogP contribution in [-0.2, 0) is 17.9 Å². The van der Waals surface area contributed by atoms with Crippen LogP contribution >= 0.6 is 22.9 Å². The molecular formula is C13H15ClN4OS. The third-order valence-corrected chi connectivity index (χ3v) is 5.24. The van der Waals surface area contributed by atoms with Crippen molar-refractivity contribution in [3.8, 4) is 0 Å². The summed E-state index contributed by atoms with van der Waals surface area (Å²) in [7, 11) is 0. The van der Waals surface area contributed by atoms with Gasteiger partial charge in [-0.3, -0.25) is 4.90 Å². The van der Waals surface area contributed by atoms with Gasteiger partial charge in [-0.1, -0.05) is 16.8 Å². The maximum atomic E-state index is 6.00. The van der Waals surface area contributed by atoms with E-state index in [1.165, 1.54) is 4.88 Å². The van der Waals surface area contributed by atoms with Gasteiger partial charge in [0.2, 0.25) is 0 Å². The molecule has 2 aromatic rings. The van der Waals surface area contributed by atoms with E-state index in [0.717, 1.165) is 36.1 Å². The molecule has 0 radical (unpaired) electrons. The van der Waals surface area contributed by atoms with Crippen molar-refractivity contribution in [3.05, 3.63) is 33.2 Å². The molecule has 5 nitrogen and oxygen atoms in total. The fraction of sp³-hybridized carbons (Fsp3) is 0.538. The SMILES string of the molecule is Clc1ccc(CN2CC[C@H]3OCc4cnnn4[C@H]3C2)s1. The van der Waals surface area contributed by atoms with Crippen molar-refractivity contribution in [3.63, 3.8) is 0 Å². The molecule has 2 aliphatic heterocycles. The summed E-state index contributed by atoms with van der Waals surface area (Å²) in [6.45, 7) is 3.59. The molecule has 0 amide bonds. The summed E-state index contributed by atoms with van der Waals surface area (Å²) >= 11 is 7.65. The number of aromatic nitrogens is 3. The van der Waals surface area contributed by atoms with Gasteiger partial charge in [-0.15, -0.1) is 16.4 Å². The average Bonchev–Trinajstić information content (AvgIpc) is 3.07. The lowest BCUT2D eigenvalue weighted by Gasteiger charge is -2.40. The highest BCUT2D eigenvalue weighted by Crippen LogP contribution is 2.31. The smallest absolute Gasteiger partial charge is 0.0931 e. The Morgan fingerprint density at radius 2 is 2.40 bits per heavy atom. The van der Waals surface area contributed by atoms with Crippen LogP contribution in [0.1, 0.15) is 23.0 Å². The van der Waals surface area contributed by atoms with Gasteiger partial charge in [0.15, 0.2) is 0 Å². The Kier molecular flexibility index (Phi) is 3.26. The van der Waals surface area contributed by atoms with Gasteiger partial charge in [-0.2, -0.15) is 0 Å². The summed E-state index contributed by atoms with van der Waals surface area (Å²) in [6.07, 6.45) is 3.12. The van der Waals surface area contributed by atoms with E-state index in [9.17, 15) is 0 Å². The van der Waals surface area contributed by atoms with Crippen LogP contribution in [0.15, 0.2) is 18.3 Å². The molecule has 2 aromatic heterocycles. The summed E-state index contributed by atoms with van der Waals surface area (Å²) in [4.78, 5) is 3.76. The Balaban J connectivity index is 1.51. The number of piperidine rings is 1. The number of likely N-dealkylation sites (tertiary alicyclic amines) is 1. The quantitative estimate of drug-likeness (QED) is 0.854. The highest BCUT2D eigenvalue weighted by molar-refractivity contribution is 7.16. The lowest BCUT2D eigenvalue weighted by molar-refractivity contribution is -0.0668. The minimum atomic E-state index is 0.271. The molecule has 2 aliphatic rings. The van der Waals surface area contributed by atoms with Crippen LogP contribution in [-0.4, -0.2) is 39.1 Å². The lowest BCUT2D eigenvalue weighted by atomic mass is 10.0. The third-order valence-electron chi connectivity index (χ3n) is 4.02. The van der Waals surface area contributed by atoms with E-state index in [1.54, 1.807) is 17.5 Å². The normalized spacial score (nSPS) is 26.2. The zero-order chi connectivity index (χ0) is 13.5. The second-order valence-corrected chi connectivity index (χ2v) is 7.12. The predicted octanol–water partition coefficient (Wildman–Crippen LogP) is 2.34. The first kappa shape index (κ1) is 12.8. The summed E-state index contributed by atoms with van der Waals surface area (Å²) in [5, 5.41) is 8.23. The molecule has 1 saturated heterocycles. The molecule has 106 valence electrons. The van der Waals surface area contributed by atoms with Gasteiger partial charge in [0.05, 0.1) is 35.0 Å². The van der Waals surface area contributed by atoms with Gasteiger partial charge in [0.1, 0.15) is 0 Å². The maximum absolute atomic E-state index is 6.00. The third kappa shape index (κ3) is 2.26. The molecule has 2 atom stereocenters. The molecule has 0 unspecified atom stereocenters. The van der Waals surface area contributed by atoms with Crippen molar-refractivity contribution in [2.24, 2.45) is 0 Å². The lowest BCUT2D eigenvalue weighted by Crippen LogP contribution is -2.47. The van der Waals surface area contributed by atoms with Crippen LogP contribution in [0.3, 0.4) is 0 Å². The summed E-state index contributed by atoms with van der Waals surface area (Å²) in [5.74, 6) is 0. The molecule has 0 N–H and O–H groups in total. The molecule has 0 aromatic carbocycles. The molecule has 4 heterocycles. The fourth-order valence-corrected chi connectivity index (χ4v) is 4.18. The van der Waals surface area contributed by atoms with Crippen LogP contribution in [0.2, 0.25) is 4.34 Å². The monoisotopic (exact) mass is 310 g/mol. The second-order valence-electron chi connectivity index (χ2n) is 5.32. The van der Waals surface area contributed by atoms with Crippen molar-refractivity contribution < 1.29 is 4.74 Å². The molecule has 0 bridgehead atoms. The molecule has 1 fully saturated rings. The molecule has 0 saturated carbocycles. The van der Waals surface area contributed by atoms with Gasteiger partial charge >= 0.3 is 0 Å². The summed E-state index contributed by atoms with van der Waals surface area (Å²) in [5.41, 5.74) is 1.08. The minimum Gasteiger partial charge on any atom is -0.370 e. The van der Waals surface area contributed by atoms with Crippen molar-refractivity contribution in [2.45, 2.75) is 31.7 Å². The molecular weight excluding hydrogens is 296 g/mol. The van der Waals surface area contributed by atoms with Gasteiger partial charge in [0, 0.05) is 24.5 Å². The number of hydrogen-bond acceptors (Lipinski definition) is 5. The van der Waals surface area contributed by atoms with E-state index >= 15 is 0 Å². The summed E-state index contributed by atoms with van der Waals surface area (Å²) in [6, 6.07) is 4.36. The zero-order valence-corrected chi connectivity index (χ0v) is 12.5. The fourth-order valence-electron chi connectivity index (χ4n) is 3.05. The van der Waals surface area contributed by atoms with Gasteiger partial charge in [0.25, 0.3) is 0 Å².